The van der Waals surface area contributed by atoms with Crippen molar-refractivity contribution in [1.29, 1.82) is 0 Å². The standard InChI is InChI=1S/C16H16O/c17-16(13-9-10-13)15-8-4-7-14(11-15)12-5-2-1-3-6-12/h1-8,11,13,16-17H,9-10H2. The molecule has 0 amide bonds. The summed E-state index contributed by atoms with van der Waals surface area (Å²) in [5.74, 6) is 0.487. The van der Waals surface area contributed by atoms with Gasteiger partial charge in [-0.25, -0.2) is 0 Å². The van der Waals surface area contributed by atoms with E-state index in [0.717, 1.165) is 18.4 Å². The molecule has 1 saturated carbocycles. The summed E-state index contributed by atoms with van der Waals surface area (Å²) >= 11 is 0. The van der Waals surface area contributed by atoms with Crippen LogP contribution in [0.15, 0.2) is 54.6 Å². The fourth-order valence-electron chi connectivity index (χ4n) is 2.22. The van der Waals surface area contributed by atoms with Crippen molar-refractivity contribution in [2.75, 3.05) is 0 Å². The quantitative estimate of drug-likeness (QED) is 0.840. The number of benzene rings is 2. The van der Waals surface area contributed by atoms with Crippen LogP contribution < -0.4 is 0 Å². The molecular formula is C16H16O. The number of rotatable bonds is 3. The van der Waals surface area contributed by atoms with Crippen LogP contribution in [0.1, 0.15) is 24.5 Å². The van der Waals surface area contributed by atoms with Gasteiger partial charge in [0.15, 0.2) is 0 Å². The Kier molecular flexibility index (Phi) is 2.69. The summed E-state index contributed by atoms with van der Waals surface area (Å²) in [5.41, 5.74) is 3.44. The van der Waals surface area contributed by atoms with Gasteiger partial charge >= 0.3 is 0 Å². The third-order valence-corrected chi connectivity index (χ3v) is 3.40. The monoisotopic (exact) mass is 224 g/mol. The molecule has 2 aromatic rings. The highest BCUT2D eigenvalue weighted by Crippen LogP contribution is 2.41. The molecule has 0 radical (unpaired) electrons. The molecule has 0 spiro atoms. The van der Waals surface area contributed by atoms with Gasteiger partial charge in [-0.3, -0.25) is 0 Å². The lowest BCUT2D eigenvalue weighted by atomic mass is 9.99. The van der Waals surface area contributed by atoms with Gasteiger partial charge in [-0.15, -0.1) is 0 Å². The summed E-state index contributed by atoms with van der Waals surface area (Å²) in [6.45, 7) is 0. The van der Waals surface area contributed by atoms with Gasteiger partial charge in [0, 0.05) is 0 Å². The van der Waals surface area contributed by atoms with E-state index >= 15 is 0 Å². The second-order valence-electron chi connectivity index (χ2n) is 4.77. The van der Waals surface area contributed by atoms with Gasteiger partial charge in [0.1, 0.15) is 0 Å². The van der Waals surface area contributed by atoms with Gasteiger partial charge in [-0.2, -0.15) is 0 Å². The van der Waals surface area contributed by atoms with E-state index in [1.165, 1.54) is 11.1 Å². The molecule has 1 atom stereocenters. The SMILES string of the molecule is OC(c1cccc(-c2ccccc2)c1)C1CC1. The Hall–Kier alpha value is -1.60. The molecule has 3 rings (SSSR count). The smallest absolute Gasteiger partial charge is 0.0818 e. The van der Waals surface area contributed by atoms with Crippen LogP contribution in [0.5, 0.6) is 0 Å². The largest absolute Gasteiger partial charge is 0.388 e. The number of aliphatic hydroxyl groups is 1. The molecule has 86 valence electrons. The highest BCUT2D eigenvalue weighted by molar-refractivity contribution is 5.64. The lowest BCUT2D eigenvalue weighted by Crippen LogP contribution is -1.99. The molecule has 2 aromatic carbocycles. The van der Waals surface area contributed by atoms with E-state index in [0.29, 0.717) is 5.92 Å². The first-order valence-electron chi connectivity index (χ1n) is 6.18. The van der Waals surface area contributed by atoms with Gasteiger partial charge in [-0.05, 0) is 41.5 Å². The van der Waals surface area contributed by atoms with E-state index < -0.39 is 0 Å². The van der Waals surface area contributed by atoms with Gasteiger partial charge in [0.05, 0.1) is 6.10 Å². The highest BCUT2D eigenvalue weighted by atomic mass is 16.3. The Labute approximate surface area is 102 Å². The van der Waals surface area contributed by atoms with Crippen molar-refractivity contribution in [2.24, 2.45) is 5.92 Å². The van der Waals surface area contributed by atoms with Crippen molar-refractivity contribution >= 4 is 0 Å². The van der Waals surface area contributed by atoms with Crippen LogP contribution in [0, 0.1) is 5.92 Å². The van der Waals surface area contributed by atoms with Gasteiger partial charge in [0.25, 0.3) is 0 Å². The molecule has 1 fully saturated rings. The minimum Gasteiger partial charge on any atom is -0.388 e. The topological polar surface area (TPSA) is 20.2 Å². The van der Waals surface area contributed by atoms with Crippen LogP contribution in [0.4, 0.5) is 0 Å². The summed E-state index contributed by atoms with van der Waals surface area (Å²) in [6.07, 6.45) is 2.05. The fraction of sp³-hybridized carbons (Fsp3) is 0.250. The number of hydrogen-bond donors (Lipinski definition) is 1. The zero-order valence-electron chi connectivity index (χ0n) is 9.71. The van der Waals surface area contributed by atoms with E-state index in [1.807, 2.05) is 30.3 Å². The Morgan fingerprint density at radius 2 is 1.59 bits per heavy atom. The van der Waals surface area contributed by atoms with E-state index in [1.54, 1.807) is 0 Å². The van der Waals surface area contributed by atoms with Crippen LogP contribution >= 0.6 is 0 Å². The first kappa shape index (κ1) is 10.5. The lowest BCUT2D eigenvalue weighted by Gasteiger charge is -2.11. The minimum absolute atomic E-state index is 0.279. The van der Waals surface area contributed by atoms with E-state index in [-0.39, 0.29) is 6.10 Å². The maximum Gasteiger partial charge on any atom is 0.0818 e. The normalized spacial score (nSPS) is 16.8. The Morgan fingerprint density at radius 1 is 0.882 bits per heavy atom. The van der Waals surface area contributed by atoms with E-state index in [4.69, 9.17) is 0 Å². The maximum absolute atomic E-state index is 10.1. The molecular weight excluding hydrogens is 208 g/mol. The summed E-state index contributed by atoms with van der Waals surface area (Å²) < 4.78 is 0. The number of hydrogen-bond acceptors (Lipinski definition) is 1. The summed E-state index contributed by atoms with van der Waals surface area (Å²) in [6, 6.07) is 18.6. The number of aliphatic hydroxyl groups excluding tert-OH is 1. The predicted octanol–water partition coefficient (Wildman–Crippen LogP) is 3.80. The molecule has 0 saturated heterocycles. The Bertz CT molecular complexity index is 500. The van der Waals surface area contributed by atoms with Gasteiger partial charge in [0.2, 0.25) is 0 Å². The molecule has 0 aromatic heterocycles. The molecule has 1 N–H and O–H groups in total. The van der Waals surface area contributed by atoms with Crippen LogP contribution in [-0.4, -0.2) is 5.11 Å². The molecule has 0 heterocycles. The van der Waals surface area contributed by atoms with Gasteiger partial charge in [-0.1, -0.05) is 48.5 Å². The average Bonchev–Trinajstić information content (AvgIpc) is 3.23. The van der Waals surface area contributed by atoms with Crippen molar-refractivity contribution in [1.82, 2.24) is 0 Å². The third-order valence-electron chi connectivity index (χ3n) is 3.40. The third kappa shape index (κ3) is 2.25. The molecule has 1 aliphatic carbocycles. The van der Waals surface area contributed by atoms with E-state index in [9.17, 15) is 5.11 Å². The molecule has 1 nitrogen and oxygen atoms in total. The lowest BCUT2D eigenvalue weighted by molar-refractivity contribution is 0.154. The first-order chi connectivity index (χ1) is 8.34. The van der Waals surface area contributed by atoms with E-state index in [2.05, 4.69) is 24.3 Å². The van der Waals surface area contributed by atoms with Crippen molar-refractivity contribution in [3.05, 3.63) is 60.2 Å². The zero-order chi connectivity index (χ0) is 11.7. The van der Waals surface area contributed by atoms with Crippen LogP contribution in [0.3, 0.4) is 0 Å². The fourth-order valence-corrected chi connectivity index (χ4v) is 2.22. The molecule has 0 aliphatic heterocycles. The second kappa shape index (κ2) is 4.34. The summed E-state index contributed by atoms with van der Waals surface area (Å²) in [4.78, 5) is 0. The Balaban J connectivity index is 1.93. The highest BCUT2D eigenvalue weighted by Gasteiger charge is 2.30. The molecule has 0 bridgehead atoms. The first-order valence-corrected chi connectivity index (χ1v) is 6.18. The molecule has 17 heavy (non-hydrogen) atoms. The Morgan fingerprint density at radius 3 is 2.29 bits per heavy atom. The summed E-state index contributed by atoms with van der Waals surface area (Å²) in [7, 11) is 0. The molecule has 1 aliphatic rings. The van der Waals surface area contributed by atoms with Crippen LogP contribution in [-0.2, 0) is 0 Å². The van der Waals surface area contributed by atoms with Gasteiger partial charge < -0.3 is 5.11 Å². The van der Waals surface area contributed by atoms with Crippen LogP contribution in [0.2, 0.25) is 0 Å². The predicted molar refractivity (Wildman–Crippen MR) is 69.6 cm³/mol. The van der Waals surface area contributed by atoms with Crippen molar-refractivity contribution < 1.29 is 5.11 Å². The maximum atomic E-state index is 10.1. The minimum atomic E-state index is -0.279. The molecule has 1 heteroatoms. The van der Waals surface area contributed by atoms with Crippen molar-refractivity contribution in [2.45, 2.75) is 18.9 Å². The van der Waals surface area contributed by atoms with Crippen molar-refractivity contribution in [3.8, 4) is 11.1 Å². The second-order valence-corrected chi connectivity index (χ2v) is 4.77. The van der Waals surface area contributed by atoms with Crippen molar-refractivity contribution in [3.63, 3.8) is 0 Å². The molecule has 1 unspecified atom stereocenters. The van der Waals surface area contributed by atoms with Crippen LogP contribution in [0.25, 0.3) is 11.1 Å². The summed E-state index contributed by atoms with van der Waals surface area (Å²) in [5, 5.41) is 10.1. The zero-order valence-corrected chi connectivity index (χ0v) is 9.71. The average molecular weight is 224 g/mol.